The van der Waals surface area contributed by atoms with Crippen molar-refractivity contribution in [1.82, 2.24) is 19.6 Å². The molecule has 0 N–H and O–H groups in total. The first-order chi connectivity index (χ1) is 13.9. The standard InChI is InChI=1S/C25H48N4/c1-21(2)26-16-9-24(10-17-26)28-15-8-22(20-28)25(3,4)29-18-11-23(12-19-29)27-13-6-5-7-14-27/h21-24H,5-20H2,1-4H3. The Kier molecular flexibility index (Phi) is 7.26. The zero-order valence-corrected chi connectivity index (χ0v) is 19.9. The molecule has 0 spiro atoms. The maximum absolute atomic E-state index is 2.87. The predicted molar refractivity (Wildman–Crippen MR) is 124 cm³/mol. The van der Waals surface area contributed by atoms with Gasteiger partial charge in [0, 0.05) is 43.3 Å². The summed E-state index contributed by atoms with van der Waals surface area (Å²) < 4.78 is 0. The second kappa shape index (κ2) is 9.54. The summed E-state index contributed by atoms with van der Waals surface area (Å²) in [5, 5.41) is 0. The molecule has 4 nitrogen and oxygen atoms in total. The molecule has 1 unspecified atom stereocenters. The number of hydrogen-bond acceptors (Lipinski definition) is 4. The number of piperidine rings is 3. The van der Waals surface area contributed by atoms with Gasteiger partial charge in [0.2, 0.25) is 0 Å². The van der Waals surface area contributed by atoms with Crippen LogP contribution in [0.2, 0.25) is 0 Å². The molecule has 0 radical (unpaired) electrons. The molecule has 0 aliphatic carbocycles. The summed E-state index contributed by atoms with van der Waals surface area (Å²) in [4.78, 5) is 11.2. The minimum absolute atomic E-state index is 0.361. The minimum Gasteiger partial charge on any atom is -0.301 e. The third-order valence-corrected chi connectivity index (χ3v) is 9.15. The normalized spacial score (nSPS) is 31.1. The Morgan fingerprint density at radius 1 is 0.655 bits per heavy atom. The number of nitrogens with zero attached hydrogens (tertiary/aromatic N) is 4. The summed E-state index contributed by atoms with van der Waals surface area (Å²) in [6.07, 6.45) is 11.3. The summed E-state index contributed by atoms with van der Waals surface area (Å²) in [7, 11) is 0. The third-order valence-electron chi connectivity index (χ3n) is 9.15. The van der Waals surface area contributed by atoms with E-state index in [0.29, 0.717) is 11.6 Å². The second-order valence-electron chi connectivity index (χ2n) is 11.3. The molecule has 0 aromatic heterocycles. The van der Waals surface area contributed by atoms with Gasteiger partial charge in [-0.1, -0.05) is 6.42 Å². The van der Waals surface area contributed by atoms with Crippen LogP contribution in [0.5, 0.6) is 0 Å². The smallest absolute Gasteiger partial charge is 0.0194 e. The first kappa shape index (κ1) is 22.0. The highest BCUT2D eigenvalue weighted by Gasteiger charge is 2.42. The summed E-state index contributed by atoms with van der Waals surface area (Å²) in [6, 6.07) is 2.43. The number of rotatable bonds is 5. The molecule has 0 aromatic carbocycles. The Balaban J connectivity index is 1.25. The van der Waals surface area contributed by atoms with Crippen LogP contribution in [0.25, 0.3) is 0 Å². The minimum atomic E-state index is 0.361. The van der Waals surface area contributed by atoms with Crippen LogP contribution >= 0.6 is 0 Å². The highest BCUT2D eigenvalue weighted by Crippen LogP contribution is 2.36. The highest BCUT2D eigenvalue weighted by molar-refractivity contribution is 4.98. The van der Waals surface area contributed by atoms with Crippen LogP contribution < -0.4 is 0 Å². The summed E-state index contributed by atoms with van der Waals surface area (Å²) in [6.45, 7) is 20.5. The fourth-order valence-electron chi connectivity index (χ4n) is 6.81. The van der Waals surface area contributed by atoms with Gasteiger partial charge in [0.1, 0.15) is 0 Å². The SMILES string of the molecule is CC(C)N1CCC(N2CCC(C(C)(C)N3CCC(N4CCCCC4)CC3)C2)CC1. The average Bonchev–Trinajstić information content (AvgIpc) is 3.26. The van der Waals surface area contributed by atoms with Gasteiger partial charge in [0.15, 0.2) is 0 Å². The van der Waals surface area contributed by atoms with E-state index in [-0.39, 0.29) is 0 Å². The molecule has 4 fully saturated rings. The third kappa shape index (κ3) is 5.02. The van der Waals surface area contributed by atoms with Crippen LogP contribution in [0.15, 0.2) is 0 Å². The van der Waals surface area contributed by atoms with Gasteiger partial charge in [0.25, 0.3) is 0 Å². The van der Waals surface area contributed by atoms with Crippen LogP contribution in [-0.4, -0.2) is 95.6 Å². The van der Waals surface area contributed by atoms with E-state index < -0.39 is 0 Å². The lowest BCUT2D eigenvalue weighted by Gasteiger charge is -2.48. The van der Waals surface area contributed by atoms with Gasteiger partial charge in [-0.2, -0.15) is 0 Å². The van der Waals surface area contributed by atoms with Crippen LogP contribution in [0, 0.1) is 5.92 Å². The van der Waals surface area contributed by atoms with E-state index in [1.165, 1.54) is 104 Å². The lowest BCUT2D eigenvalue weighted by Crippen LogP contribution is -2.56. The van der Waals surface area contributed by atoms with Gasteiger partial charge < -0.3 is 9.80 Å². The van der Waals surface area contributed by atoms with Crippen molar-refractivity contribution in [3.63, 3.8) is 0 Å². The van der Waals surface area contributed by atoms with Crippen molar-refractivity contribution in [3.05, 3.63) is 0 Å². The van der Waals surface area contributed by atoms with Crippen molar-refractivity contribution < 1.29 is 0 Å². The van der Waals surface area contributed by atoms with E-state index in [9.17, 15) is 0 Å². The van der Waals surface area contributed by atoms with Crippen molar-refractivity contribution in [1.29, 1.82) is 0 Å². The molecule has 0 bridgehead atoms. The first-order valence-electron chi connectivity index (χ1n) is 12.9. The number of likely N-dealkylation sites (tertiary alicyclic amines) is 4. The maximum atomic E-state index is 2.87. The van der Waals surface area contributed by atoms with E-state index in [0.717, 1.165) is 18.0 Å². The van der Waals surface area contributed by atoms with Crippen molar-refractivity contribution in [2.45, 2.75) is 103 Å². The zero-order chi connectivity index (χ0) is 20.4. The Morgan fingerprint density at radius 2 is 1.24 bits per heavy atom. The summed E-state index contributed by atoms with van der Waals surface area (Å²) in [5.74, 6) is 0.845. The topological polar surface area (TPSA) is 13.0 Å². The van der Waals surface area contributed by atoms with E-state index in [1.807, 2.05) is 0 Å². The van der Waals surface area contributed by atoms with Crippen molar-refractivity contribution >= 4 is 0 Å². The Labute approximate surface area is 181 Å². The molecule has 1 atom stereocenters. The Hall–Kier alpha value is -0.160. The predicted octanol–water partition coefficient (Wildman–Crippen LogP) is 3.91. The van der Waals surface area contributed by atoms with Gasteiger partial charge in [-0.25, -0.2) is 0 Å². The van der Waals surface area contributed by atoms with E-state index >= 15 is 0 Å². The molecule has 4 aliphatic rings. The van der Waals surface area contributed by atoms with E-state index in [4.69, 9.17) is 0 Å². The maximum Gasteiger partial charge on any atom is 0.0194 e. The molecule has 4 rings (SSSR count). The fourth-order valence-corrected chi connectivity index (χ4v) is 6.81. The second-order valence-corrected chi connectivity index (χ2v) is 11.3. The van der Waals surface area contributed by atoms with E-state index in [2.05, 4.69) is 47.3 Å². The largest absolute Gasteiger partial charge is 0.301 e. The first-order valence-corrected chi connectivity index (χ1v) is 12.9. The molecule has 4 heteroatoms. The molecular formula is C25H48N4. The van der Waals surface area contributed by atoms with Gasteiger partial charge >= 0.3 is 0 Å². The molecule has 168 valence electrons. The van der Waals surface area contributed by atoms with Gasteiger partial charge in [0.05, 0.1) is 0 Å². The van der Waals surface area contributed by atoms with Crippen LogP contribution in [0.4, 0.5) is 0 Å². The summed E-state index contributed by atoms with van der Waals surface area (Å²) in [5.41, 5.74) is 0.361. The van der Waals surface area contributed by atoms with Gasteiger partial charge in [-0.3, -0.25) is 9.80 Å². The van der Waals surface area contributed by atoms with Crippen LogP contribution in [-0.2, 0) is 0 Å². The molecule has 0 amide bonds. The quantitative estimate of drug-likeness (QED) is 0.689. The molecule has 4 saturated heterocycles. The Morgan fingerprint density at radius 3 is 1.86 bits per heavy atom. The van der Waals surface area contributed by atoms with Crippen molar-refractivity contribution in [3.8, 4) is 0 Å². The summed E-state index contributed by atoms with van der Waals surface area (Å²) >= 11 is 0. The van der Waals surface area contributed by atoms with Crippen LogP contribution in [0.1, 0.15) is 79.1 Å². The lowest BCUT2D eigenvalue weighted by atomic mass is 9.83. The average molecular weight is 405 g/mol. The fraction of sp³-hybridized carbons (Fsp3) is 1.00. The van der Waals surface area contributed by atoms with Crippen molar-refractivity contribution in [2.24, 2.45) is 5.92 Å². The Bertz CT molecular complexity index is 497. The molecule has 4 heterocycles. The molecular weight excluding hydrogens is 356 g/mol. The molecule has 4 aliphatic heterocycles. The van der Waals surface area contributed by atoms with Gasteiger partial charge in [-0.15, -0.1) is 0 Å². The lowest BCUT2D eigenvalue weighted by molar-refractivity contribution is 0.0110. The highest BCUT2D eigenvalue weighted by atomic mass is 15.3. The monoisotopic (exact) mass is 404 g/mol. The van der Waals surface area contributed by atoms with E-state index in [1.54, 1.807) is 0 Å². The van der Waals surface area contributed by atoms with Gasteiger partial charge in [-0.05, 0) is 111 Å². The molecule has 0 aromatic rings. The molecule has 29 heavy (non-hydrogen) atoms. The molecule has 0 saturated carbocycles. The van der Waals surface area contributed by atoms with Crippen LogP contribution in [0.3, 0.4) is 0 Å². The van der Waals surface area contributed by atoms with Crippen molar-refractivity contribution in [2.75, 3.05) is 52.4 Å². The zero-order valence-electron chi connectivity index (χ0n) is 19.9. The number of hydrogen-bond donors (Lipinski definition) is 0.